The summed E-state index contributed by atoms with van der Waals surface area (Å²) in [6, 6.07) is 6.14. The van der Waals surface area contributed by atoms with Gasteiger partial charge in [0.1, 0.15) is 0 Å². The summed E-state index contributed by atoms with van der Waals surface area (Å²) < 4.78 is 0. The van der Waals surface area contributed by atoms with E-state index in [9.17, 15) is 4.79 Å². The van der Waals surface area contributed by atoms with E-state index in [0.29, 0.717) is 5.92 Å². The quantitative estimate of drug-likeness (QED) is 0.761. The fourth-order valence-electron chi connectivity index (χ4n) is 2.74. The van der Waals surface area contributed by atoms with Crippen LogP contribution in [0.4, 0.5) is 0 Å². The van der Waals surface area contributed by atoms with E-state index in [1.165, 1.54) is 17.5 Å². The molecule has 1 saturated heterocycles. The highest BCUT2D eigenvalue weighted by atomic mass is 16.2. The molecule has 1 aromatic rings. The molecular weight excluding hydrogens is 246 g/mol. The molecule has 0 atom stereocenters. The first-order valence-electron chi connectivity index (χ1n) is 7.99. The van der Waals surface area contributed by atoms with Crippen LogP contribution < -0.4 is 0 Å². The van der Waals surface area contributed by atoms with Crippen LogP contribution in [0.5, 0.6) is 0 Å². The number of hydrogen-bond acceptors (Lipinski definition) is 1. The normalized spacial score (nSPS) is 14.8. The molecule has 2 nitrogen and oxygen atoms in total. The molecule has 2 rings (SSSR count). The Morgan fingerprint density at radius 1 is 1.10 bits per heavy atom. The number of benzene rings is 1. The van der Waals surface area contributed by atoms with Crippen molar-refractivity contribution in [3.63, 3.8) is 0 Å². The molecule has 0 spiro atoms. The highest BCUT2D eigenvalue weighted by Crippen LogP contribution is 2.21. The predicted octanol–water partition coefficient (Wildman–Crippen LogP) is 4.77. The molecular formula is C18H29NO. The maximum absolute atomic E-state index is 12.4. The molecule has 1 fully saturated rings. The maximum Gasteiger partial charge on any atom is 0.253 e. The molecule has 1 aromatic carbocycles. The molecule has 112 valence electrons. The topological polar surface area (TPSA) is 20.3 Å². The van der Waals surface area contributed by atoms with Gasteiger partial charge in [-0.3, -0.25) is 4.79 Å². The van der Waals surface area contributed by atoms with Crippen LogP contribution in [0.15, 0.2) is 18.2 Å². The number of amides is 1. The average molecular weight is 275 g/mol. The van der Waals surface area contributed by atoms with E-state index >= 15 is 0 Å². The molecule has 0 N–H and O–H groups in total. The maximum atomic E-state index is 12.4. The van der Waals surface area contributed by atoms with Crippen molar-refractivity contribution in [3.8, 4) is 0 Å². The van der Waals surface area contributed by atoms with Crippen LogP contribution in [-0.2, 0) is 0 Å². The van der Waals surface area contributed by atoms with Gasteiger partial charge in [-0.2, -0.15) is 0 Å². The number of nitrogens with zero attached hydrogens (tertiary/aromatic N) is 1. The van der Waals surface area contributed by atoms with Crippen molar-refractivity contribution < 1.29 is 4.79 Å². The Hall–Kier alpha value is -1.31. The summed E-state index contributed by atoms with van der Waals surface area (Å²) in [5.74, 6) is 0.720. The standard InChI is InChI=1S/C16H23NO.C2H6/c1-12(2)15-8-7-14(11-13(15)3)16(18)17-9-5-4-6-10-17;1-2/h7-8,11-12H,4-6,9-10H2,1-3H3;1-2H3. The van der Waals surface area contributed by atoms with E-state index in [-0.39, 0.29) is 5.91 Å². The molecule has 1 amide bonds. The lowest BCUT2D eigenvalue weighted by molar-refractivity contribution is 0.0724. The van der Waals surface area contributed by atoms with Gasteiger partial charge in [-0.1, -0.05) is 33.8 Å². The summed E-state index contributed by atoms with van der Waals surface area (Å²) >= 11 is 0. The van der Waals surface area contributed by atoms with Crippen LogP contribution in [0, 0.1) is 6.92 Å². The Bertz CT molecular complexity index is 431. The van der Waals surface area contributed by atoms with Crippen molar-refractivity contribution in [1.29, 1.82) is 0 Å². The second kappa shape index (κ2) is 8.08. The van der Waals surface area contributed by atoms with E-state index < -0.39 is 0 Å². The van der Waals surface area contributed by atoms with Gasteiger partial charge in [-0.25, -0.2) is 0 Å². The molecule has 0 saturated carbocycles. The lowest BCUT2D eigenvalue weighted by Crippen LogP contribution is -2.35. The molecule has 0 unspecified atom stereocenters. The van der Waals surface area contributed by atoms with Crippen molar-refractivity contribution in [2.45, 2.75) is 59.8 Å². The smallest absolute Gasteiger partial charge is 0.253 e. The number of rotatable bonds is 2. The second-order valence-electron chi connectivity index (χ2n) is 5.58. The molecule has 0 radical (unpaired) electrons. The third-order valence-electron chi connectivity index (χ3n) is 3.78. The minimum Gasteiger partial charge on any atom is -0.339 e. The third kappa shape index (κ3) is 4.09. The van der Waals surface area contributed by atoms with E-state index in [1.54, 1.807) is 0 Å². The molecule has 0 aliphatic carbocycles. The number of aryl methyl sites for hydroxylation is 1. The van der Waals surface area contributed by atoms with Crippen molar-refractivity contribution in [3.05, 3.63) is 34.9 Å². The summed E-state index contributed by atoms with van der Waals surface area (Å²) in [5, 5.41) is 0. The Labute approximate surface area is 124 Å². The first kappa shape index (κ1) is 16.7. The Kier molecular flexibility index (Phi) is 6.77. The van der Waals surface area contributed by atoms with Crippen LogP contribution in [0.1, 0.15) is 74.4 Å². The monoisotopic (exact) mass is 275 g/mol. The van der Waals surface area contributed by atoms with Crippen molar-refractivity contribution >= 4 is 5.91 Å². The van der Waals surface area contributed by atoms with Gasteiger partial charge in [0.25, 0.3) is 5.91 Å². The molecule has 0 aromatic heterocycles. The SMILES string of the molecule is CC.Cc1cc(C(=O)N2CCCCC2)ccc1C(C)C. The second-order valence-corrected chi connectivity index (χ2v) is 5.58. The van der Waals surface area contributed by atoms with Crippen molar-refractivity contribution in [2.24, 2.45) is 0 Å². The molecule has 0 bridgehead atoms. The van der Waals surface area contributed by atoms with Gasteiger partial charge in [-0.15, -0.1) is 0 Å². The third-order valence-corrected chi connectivity index (χ3v) is 3.78. The summed E-state index contributed by atoms with van der Waals surface area (Å²) in [6.07, 6.45) is 3.55. The number of likely N-dealkylation sites (tertiary alicyclic amines) is 1. The lowest BCUT2D eigenvalue weighted by atomic mass is 9.96. The van der Waals surface area contributed by atoms with E-state index in [4.69, 9.17) is 0 Å². The van der Waals surface area contributed by atoms with E-state index in [0.717, 1.165) is 31.5 Å². The highest BCUT2D eigenvalue weighted by Gasteiger charge is 2.18. The van der Waals surface area contributed by atoms with Gasteiger partial charge in [0, 0.05) is 18.7 Å². The van der Waals surface area contributed by atoms with Crippen LogP contribution in [0.2, 0.25) is 0 Å². The lowest BCUT2D eigenvalue weighted by Gasteiger charge is -2.27. The molecule has 1 aliphatic heterocycles. The zero-order chi connectivity index (χ0) is 15.1. The van der Waals surface area contributed by atoms with Crippen LogP contribution in [0.25, 0.3) is 0 Å². The van der Waals surface area contributed by atoms with Gasteiger partial charge in [-0.05, 0) is 55.4 Å². The first-order valence-corrected chi connectivity index (χ1v) is 7.99. The zero-order valence-corrected chi connectivity index (χ0v) is 13.7. The van der Waals surface area contributed by atoms with Gasteiger partial charge < -0.3 is 4.90 Å². The van der Waals surface area contributed by atoms with Gasteiger partial charge >= 0.3 is 0 Å². The Morgan fingerprint density at radius 3 is 2.20 bits per heavy atom. The fraction of sp³-hybridized carbons (Fsp3) is 0.611. The Balaban J connectivity index is 0.000000956. The number of carbonyl (C=O) groups is 1. The summed E-state index contributed by atoms with van der Waals surface area (Å²) in [5.41, 5.74) is 3.41. The average Bonchev–Trinajstić information content (AvgIpc) is 2.49. The zero-order valence-electron chi connectivity index (χ0n) is 13.7. The summed E-state index contributed by atoms with van der Waals surface area (Å²) in [7, 11) is 0. The van der Waals surface area contributed by atoms with Crippen LogP contribution >= 0.6 is 0 Å². The summed E-state index contributed by atoms with van der Waals surface area (Å²) in [4.78, 5) is 14.4. The molecule has 2 heteroatoms. The molecule has 1 aliphatic rings. The van der Waals surface area contributed by atoms with Crippen molar-refractivity contribution in [1.82, 2.24) is 4.90 Å². The fourth-order valence-corrected chi connectivity index (χ4v) is 2.74. The minimum atomic E-state index is 0.202. The van der Waals surface area contributed by atoms with Crippen LogP contribution in [0.3, 0.4) is 0 Å². The first-order chi connectivity index (χ1) is 9.59. The largest absolute Gasteiger partial charge is 0.339 e. The Morgan fingerprint density at radius 2 is 1.70 bits per heavy atom. The van der Waals surface area contributed by atoms with Gasteiger partial charge in [0.2, 0.25) is 0 Å². The van der Waals surface area contributed by atoms with Gasteiger partial charge in [0.05, 0.1) is 0 Å². The molecule has 1 heterocycles. The number of hydrogen-bond donors (Lipinski definition) is 0. The predicted molar refractivity (Wildman–Crippen MR) is 86.4 cm³/mol. The summed E-state index contributed by atoms with van der Waals surface area (Å²) in [6.45, 7) is 12.3. The number of carbonyl (C=O) groups excluding carboxylic acids is 1. The molecule has 20 heavy (non-hydrogen) atoms. The number of piperidine rings is 1. The van der Waals surface area contributed by atoms with E-state index in [2.05, 4.69) is 26.8 Å². The van der Waals surface area contributed by atoms with E-state index in [1.807, 2.05) is 30.9 Å². The van der Waals surface area contributed by atoms with Gasteiger partial charge in [0.15, 0.2) is 0 Å². The highest BCUT2D eigenvalue weighted by molar-refractivity contribution is 5.94. The van der Waals surface area contributed by atoms with Crippen molar-refractivity contribution in [2.75, 3.05) is 13.1 Å². The van der Waals surface area contributed by atoms with Crippen LogP contribution in [-0.4, -0.2) is 23.9 Å². The minimum absolute atomic E-state index is 0.202.